The molecule has 1 fully saturated rings. The average Bonchev–Trinajstić information content (AvgIpc) is 2.90. The van der Waals surface area contributed by atoms with Gasteiger partial charge in [0.25, 0.3) is 5.91 Å². The van der Waals surface area contributed by atoms with Crippen molar-refractivity contribution in [1.29, 1.82) is 0 Å². The van der Waals surface area contributed by atoms with Crippen LogP contribution in [0.3, 0.4) is 0 Å². The molecule has 6 nitrogen and oxygen atoms in total. The molecule has 2 rings (SSSR count). The zero-order valence-corrected chi connectivity index (χ0v) is 12.8. The predicted molar refractivity (Wildman–Crippen MR) is 75.4 cm³/mol. The molecule has 2 amide bonds. The van der Waals surface area contributed by atoms with Crippen LogP contribution < -0.4 is 5.32 Å². The molecule has 0 spiro atoms. The van der Waals surface area contributed by atoms with Crippen molar-refractivity contribution in [3.05, 3.63) is 22.6 Å². The molecule has 2 heterocycles. The molecule has 110 valence electrons. The minimum atomic E-state index is -0.593. The number of amides is 2. The molecule has 0 bridgehead atoms. The second-order valence-electron chi connectivity index (χ2n) is 4.49. The Balaban J connectivity index is 2.12. The summed E-state index contributed by atoms with van der Waals surface area (Å²) in [6, 6.07) is 0.993. The number of hydrogen-bond donors (Lipinski definition) is 1. The summed E-state index contributed by atoms with van der Waals surface area (Å²) in [7, 11) is 0. The minimum Gasteiger partial charge on any atom is -0.457 e. The highest BCUT2D eigenvalue weighted by Crippen LogP contribution is 2.21. The van der Waals surface area contributed by atoms with Crippen LogP contribution in [0.1, 0.15) is 23.7 Å². The number of halogens is 1. The molecular formula is C13H17BrN2O4. The SMILES string of the molecule is CCCNC(=O)C1COCCN1C(=O)c1ccoc1Br. The molecule has 1 N–H and O–H groups in total. The summed E-state index contributed by atoms with van der Waals surface area (Å²) >= 11 is 3.19. The van der Waals surface area contributed by atoms with Gasteiger partial charge in [0, 0.05) is 13.1 Å². The fourth-order valence-corrected chi connectivity index (χ4v) is 2.44. The fourth-order valence-electron chi connectivity index (χ4n) is 2.03. The number of rotatable bonds is 4. The fraction of sp³-hybridized carbons (Fsp3) is 0.538. The van der Waals surface area contributed by atoms with Crippen molar-refractivity contribution in [1.82, 2.24) is 10.2 Å². The first kappa shape index (κ1) is 15.1. The van der Waals surface area contributed by atoms with Crippen molar-refractivity contribution in [2.24, 2.45) is 0 Å². The number of nitrogens with one attached hydrogen (secondary N) is 1. The lowest BCUT2D eigenvalue weighted by atomic mass is 10.1. The van der Waals surface area contributed by atoms with Crippen molar-refractivity contribution in [2.45, 2.75) is 19.4 Å². The van der Waals surface area contributed by atoms with E-state index in [9.17, 15) is 9.59 Å². The van der Waals surface area contributed by atoms with Gasteiger partial charge in [-0.1, -0.05) is 6.92 Å². The normalized spacial score (nSPS) is 18.9. The van der Waals surface area contributed by atoms with Gasteiger partial charge in [-0.25, -0.2) is 0 Å². The van der Waals surface area contributed by atoms with Gasteiger partial charge < -0.3 is 19.4 Å². The molecule has 0 aliphatic carbocycles. The first-order chi connectivity index (χ1) is 9.65. The van der Waals surface area contributed by atoms with Gasteiger partial charge in [0.1, 0.15) is 6.04 Å². The van der Waals surface area contributed by atoms with E-state index in [1.165, 1.54) is 11.2 Å². The van der Waals surface area contributed by atoms with Crippen LogP contribution >= 0.6 is 15.9 Å². The summed E-state index contributed by atoms with van der Waals surface area (Å²) in [5, 5.41) is 2.80. The Morgan fingerprint density at radius 1 is 1.55 bits per heavy atom. The Kier molecular flexibility index (Phi) is 5.19. The second kappa shape index (κ2) is 6.90. The lowest BCUT2D eigenvalue weighted by Crippen LogP contribution is -2.56. The van der Waals surface area contributed by atoms with E-state index in [1.54, 1.807) is 6.07 Å². The predicted octanol–water partition coefficient (Wildman–Crippen LogP) is 1.41. The third-order valence-corrected chi connectivity index (χ3v) is 3.70. The second-order valence-corrected chi connectivity index (χ2v) is 5.21. The number of furan rings is 1. The molecule has 0 saturated carbocycles. The molecule has 1 aliphatic rings. The molecule has 1 saturated heterocycles. The highest BCUT2D eigenvalue weighted by atomic mass is 79.9. The molecule has 1 atom stereocenters. The Hall–Kier alpha value is -1.34. The zero-order chi connectivity index (χ0) is 14.5. The summed E-state index contributed by atoms with van der Waals surface area (Å²) < 4.78 is 10.8. The van der Waals surface area contributed by atoms with Crippen molar-refractivity contribution >= 4 is 27.7 Å². The van der Waals surface area contributed by atoms with E-state index in [0.717, 1.165) is 6.42 Å². The van der Waals surface area contributed by atoms with E-state index >= 15 is 0 Å². The summed E-state index contributed by atoms with van der Waals surface area (Å²) in [4.78, 5) is 26.1. The van der Waals surface area contributed by atoms with Crippen LogP contribution in [0, 0.1) is 0 Å². The summed E-state index contributed by atoms with van der Waals surface area (Å²) in [5.74, 6) is -0.412. The highest BCUT2D eigenvalue weighted by molar-refractivity contribution is 9.10. The van der Waals surface area contributed by atoms with Gasteiger partial charge >= 0.3 is 0 Å². The molecule has 1 unspecified atom stereocenters. The topological polar surface area (TPSA) is 71.8 Å². The van der Waals surface area contributed by atoms with Gasteiger partial charge in [-0.2, -0.15) is 0 Å². The molecule has 20 heavy (non-hydrogen) atoms. The quantitative estimate of drug-likeness (QED) is 0.896. The Bertz CT molecular complexity index is 488. The van der Waals surface area contributed by atoms with Gasteiger partial charge in [-0.3, -0.25) is 9.59 Å². The minimum absolute atomic E-state index is 0.181. The Morgan fingerprint density at radius 2 is 2.35 bits per heavy atom. The van der Waals surface area contributed by atoms with Gasteiger partial charge in [-0.15, -0.1) is 0 Å². The van der Waals surface area contributed by atoms with Crippen LogP contribution in [0.25, 0.3) is 0 Å². The van der Waals surface area contributed by atoms with E-state index in [0.29, 0.717) is 29.9 Å². The van der Waals surface area contributed by atoms with Gasteiger partial charge in [-0.05, 0) is 28.4 Å². The number of morpholine rings is 1. The number of hydrogen-bond acceptors (Lipinski definition) is 4. The number of nitrogens with zero attached hydrogens (tertiary/aromatic N) is 1. The largest absolute Gasteiger partial charge is 0.457 e. The van der Waals surface area contributed by atoms with E-state index in [-0.39, 0.29) is 18.4 Å². The maximum Gasteiger partial charge on any atom is 0.259 e. The van der Waals surface area contributed by atoms with Crippen LogP contribution in [-0.2, 0) is 9.53 Å². The number of carbonyl (C=O) groups excluding carboxylic acids is 2. The van der Waals surface area contributed by atoms with Gasteiger partial charge in [0.05, 0.1) is 25.0 Å². The van der Waals surface area contributed by atoms with Crippen LogP contribution in [0.15, 0.2) is 21.4 Å². The summed E-state index contributed by atoms with van der Waals surface area (Å²) in [6.45, 7) is 3.60. The van der Waals surface area contributed by atoms with Crippen molar-refractivity contribution in [2.75, 3.05) is 26.3 Å². The van der Waals surface area contributed by atoms with Crippen molar-refractivity contribution < 1.29 is 18.7 Å². The van der Waals surface area contributed by atoms with Crippen molar-refractivity contribution in [3.63, 3.8) is 0 Å². The summed E-state index contributed by atoms with van der Waals surface area (Å²) in [6.07, 6.45) is 2.28. The lowest BCUT2D eigenvalue weighted by molar-refractivity contribution is -0.130. The van der Waals surface area contributed by atoms with Crippen molar-refractivity contribution in [3.8, 4) is 0 Å². The molecule has 1 aromatic heterocycles. The third-order valence-electron chi connectivity index (χ3n) is 3.09. The average molecular weight is 345 g/mol. The molecule has 1 aromatic rings. The molecule has 0 aromatic carbocycles. The maximum atomic E-state index is 12.5. The van der Waals surface area contributed by atoms with Crippen LogP contribution in [-0.4, -0.2) is 49.1 Å². The van der Waals surface area contributed by atoms with Crippen LogP contribution in [0.4, 0.5) is 0 Å². The van der Waals surface area contributed by atoms with Crippen LogP contribution in [0.2, 0.25) is 0 Å². The lowest BCUT2D eigenvalue weighted by Gasteiger charge is -2.34. The Labute approximate surface area is 125 Å². The smallest absolute Gasteiger partial charge is 0.259 e. The first-order valence-corrected chi connectivity index (χ1v) is 7.34. The van der Waals surface area contributed by atoms with Gasteiger partial charge in [0.2, 0.25) is 5.91 Å². The van der Waals surface area contributed by atoms with E-state index in [1.807, 2.05) is 6.92 Å². The van der Waals surface area contributed by atoms with E-state index in [4.69, 9.17) is 9.15 Å². The van der Waals surface area contributed by atoms with E-state index < -0.39 is 6.04 Å². The summed E-state index contributed by atoms with van der Waals surface area (Å²) in [5.41, 5.74) is 0.417. The van der Waals surface area contributed by atoms with E-state index in [2.05, 4.69) is 21.2 Å². The molecular weight excluding hydrogens is 328 g/mol. The van der Waals surface area contributed by atoms with Gasteiger partial charge in [0.15, 0.2) is 4.67 Å². The molecule has 7 heteroatoms. The van der Waals surface area contributed by atoms with Crippen LogP contribution in [0.5, 0.6) is 0 Å². The third kappa shape index (κ3) is 3.21. The maximum absolute atomic E-state index is 12.5. The Morgan fingerprint density at radius 3 is 3.00 bits per heavy atom. The zero-order valence-electron chi connectivity index (χ0n) is 11.2. The first-order valence-electron chi connectivity index (χ1n) is 6.54. The number of ether oxygens (including phenoxy) is 1. The standard InChI is InChI=1S/C13H17BrN2O4/c1-2-4-15-12(17)10-8-19-7-5-16(10)13(18)9-3-6-20-11(9)14/h3,6,10H,2,4-5,7-8H2,1H3,(H,15,17). The number of carbonyl (C=O) groups is 2. The highest BCUT2D eigenvalue weighted by Gasteiger charge is 2.34. The molecule has 0 radical (unpaired) electrons. The molecule has 1 aliphatic heterocycles. The monoisotopic (exact) mass is 344 g/mol.